The maximum Gasteiger partial charge on any atom is 0.407 e. The second kappa shape index (κ2) is 5.94. The fourth-order valence-corrected chi connectivity index (χ4v) is 3.94. The molecule has 1 amide bonds. The van der Waals surface area contributed by atoms with Crippen molar-refractivity contribution in [2.45, 2.75) is 32.0 Å². The molecule has 0 spiro atoms. The molecule has 2 aliphatic heterocycles. The highest BCUT2D eigenvalue weighted by Gasteiger charge is 2.32. The van der Waals surface area contributed by atoms with E-state index >= 15 is 0 Å². The molecule has 1 aromatic carbocycles. The summed E-state index contributed by atoms with van der Waals surface area (Å²) in [6.07, 6.45) is 1.51. The smallest absolute Gasteiger partial charge is 0.407 e. The van der Waals surface area contributed by atoms with Gasteiger partial charge in [0.15, 0.2) is 0 Å². The van der Waals surface area contributed by atoms with Crippen LogP contribution in [-0.4, -0.2) is 40.3 Å². The lowest BCUT2D eigenvalue weighted by atomic mass is 9.86. The molecule has 3 heterocycles. The fraction of sp³-hybridized carbons (Fsp3) is 0.444. The second-order valence-electron chi connectivity index (χ2n) is 6.62. The molecule has 0 radical (unpaired) electrons. The largest absolute Gasteiger partial charge is 0.465 e. The second-order valence-corrected chi connectivity index (χ2v) is 6.62. The zero-order valence-electron chi connectivity index (χ0n) is 13.3. The molecule has 1 unspecified atom stereocenters. The van der Waals surface area contributed by atoms with E-state index < -0.39 is 6.09 Å². The van der Waals surface area contributed by atoms with Crippen LogP contribution < -0.4 is 5.56 Å². The summed E-state index contributed by atoms with van der Waals surface area (Å²) in [4.78, 5) is 27.8. The highest BCUT2D eigenvalue weighted by Crippen LogP contribution is 2.31. The van der Waals surface area contributed by atoms with Crippen LogP contribution in [0.2, 0.25) is 0 Å². The number of piperidine rings is 1. The summed E-state index contributed by atoms with van der Waals surface area (Å²) in [5.74, 6) is 0.337. The van der Waals surface area contributed by atoms with E-state index in [-0.39, 0.29) is 11.7 Å². The first kappa shape index (κ1) is 15.2. The van der Waals surface area contributed by atoms with Gasteiger partial charge in [0.05, 0.1) is 12.7 Å². The van der Waals surface area contributed by atoms with Gasteiger partial charge in [0, 0.05) is 36.2 Å². The molecule has 0 saturated carbocycles. The number of pyridine rings is 1. The van der Waals surface area contributed by atoms with Gasteiger partial charge in [-0.15, -0.1) is 0 Å². The Morgan fingerprint density at radius 3 is 2.62 bits per heavy atom. The molecular formula is C18H20N2O4. The Bertz CT molecular complexity index is 837. The number of hydrogen-bond acceptors (Lipinski definition) is 3. The van der Waals surface area contributed by atoms with Crippen LogP contribution in [0, 0.1) is 5.92 Å². The zero-order chi connectivity index (χ0) is 16.7. The van der Waals surface area contributed by atoms with Crippen LogP contribution in [0.25, 0.3) is 10.8 Å². The number of fused-ring (bicyclic) bond motifs is 3. The van der Waals surface area contributed by atoms with Crippen molar-refractivity contribution in [3.05, 3.63) is 45.9 Å². The first-order valence-electron chi connectivity index (χ1n) is 8.35. The first-order chi connectivity index (χ1) is 11.6. The first-order valence-corrected chi connectivity index (χ1v) is 8.35. The number of benzene rings is 1. The molecule has 1 aromatic heterocycles. The molecule has 0 bridgehead atoms. The van der Waals surface area contributed by atoms with E-state index in [1.165, 1.54) is 4.90 Å². The molecule has 2 aromatic rings. The number of aromatic amines is 1. The van der Waals surface area contributed by atoms with Crippen LogP contribution in [-0.2, 0) is 17.8 Å². The normalized spacial score (nSPS) is 21.7. The van der Waals surface area contributed by atoms with Crippen LogP contribution in [0.1, 0.15) is 24.1 Å². The van der Waals surface area contributed by atoms with Gasteiger partial charge in [-0.25, -0.2) is 4.79 Å². The van der Waals surface area contributed by atoms with Gasteiger partial charge in [0.25, 0.3) is 5.56 Å². The Morgan fingerprint density at radius 1 is 1.21 bits per heavy atom. The lowest BCUT2D eigenvalue weighted by Crippen LogP contribution is -2.42. The summed E-state index contributed by atoms with van der Waals surface area (Å²) in [6.45, 7) is 1.61. The van der Waals surface area contributed by atoms with Gasteiger partial charge < -0.3 is 19.7 Å². The number of carboxylic acid groups (broad SMARTS) is 1. The lowest BCUT2D eigenvalue weighted by molar-refractivity contribution is -0.0272. The minimum atomic E-state index is -0.848. The van der Waals surface area contributed by atoms with Crippen molar-refractivity contribution in [2.24, 2.45) is 5.92 Å². The third-order valence-corrected chi connectivity index (χ3v) is 5.31. The molecule has 1 saturated heterocycles. The van der Waals surface area contributed by atoms with Gasteiger partial charge in [0.1, 0.15) is 0 Å². The van der Waals surface area contributed by atoms with Crippen molar-refractivity contribution >= 4 is 16.9 Å². The van der Waals surface area contributed by atoms with E-state index in [1.807, 2.05) is 24.3 Å². The van der Waals surface area contributed by atoms with E-state index in [2.05, 4.69) is 4.98 Å². The number of hydrogen-bond donors (Lipinski definition) is 2. The molecule has 126 valence electrons. The molecule has 6 nitrogen and oxygen atoms in total. The summed E-state index contributed by atoms with van der Waals surface area (Å²) in [6, 6.07) is 7.61. The minimum absolute atomic E-state index is 0.0465. The zero-order valence-corrected chi connectivity index (χ0v) is 13.3. The van der Waals surface area contributed by atoms with E-state index in [4.69, 9.17) is 9.84 Å². The van der Waals surface area contributed by atoms with Gasteiger partial charge in [-0.2, -0.15) is 0 Å². The number of amides is 1. The standard InChI is InChI=1S/C18H20N2O4/c21-17-13-4-2-1-3-12(13)14-10-24-16(9-15(14)19-17)11-5-7-20(8-6-11)18(22)23/h1-4,11,16H,5-10H2,(H,19,21)(H,22,23). The Kier molecular flexibility index (Phi) is 3.76. The molecule has 2 aliphatic rings. The Hall–Kier alpha value is -2.34. The molecule has 0 aliphatic carbocycles. The average Bonchev–Trinajstić information content (AvgIpc) is 2.61. The van der Waals surface area contributed by atoms with Crippen molar-refractivity contribution in [3.63, 3.8) is 0 Å². The predicted octanol–water partition coefficient (Wildman–Crippen LogP) is 2.36. The maximum atomic E-state index is 12.3. The lowest BCUT2D eigenvalue weighted by Gasteiger charge is -2.37. The molecule has 6 heteroatoms. The number of H-pyrrole nitrogens is 1. The van der Waals surface area contributed by atoms with Gasteiger partial charge in [-0.3, -0.25) is 4.79 Å². The molecule has 4 rings (SSSR count). The quantitative estimate of drug-likeness (QED) is 0.842. The van der Waals surface area contributed by atoms with Gasteiger partial charge in [-0.1, -0.05) is 18.2 Å². The van der Waals surface area contributed by atoms with Crippen molar-refractivity contribution in [1.29, 1.82) is 0 Å². The number of ether oxygens (including phenoxy) is 1. The summed E-state index contributed by atoms with van der Waals surface area (Å²) in [7, 11) is 0. The van der Waals surface area contributed by atoms with Crippen LogP contribution in [0.3, 0.4) is 0 Å². The van der Waals surface area contributed by atoms with Crippen molar-refractivity contribution < 1.29 is 14.6 Å². The predicted molar refractivity (Wildman–Crippen MR) is 89.2 cm³/mol. The average molecular weight is 328 g/mol. The molecule has 1 fully saturated rings. The number of nitrogens with one attached hydrogen (secondary N) is 1. The summed E-state index contributed by atoms with van der Waals surface area (Å²) in [5.41, 5.74) is 1.99. The number of aromatic nitrogens is 1. The van der Waals surface area contributed by atoms with E-state index in [9.17, 15) is 9.59 Å². The Balaban J connectivity index is 1.57. The fourth-order valence-electron chi connectivity index (χ4n) is 3.94. The monoisotopic (exact) mass is 328 g/mol. The van der Waals surface area contributed by atoms with E-state index in [0.717, 1.165) is 29.5 Å². The summed E-state index contributed by atoms with van der Waals surface area (Å²) >= 11 is 0. The highest BCUT2D eigenvalue weighted by molar-refractivity contribution is 5.85. The van der Waals surface area contributed by atoms with Gasteiger partial charge in [-0.05, 0) is 30.2 Å². The van der Waals surface area contributed by atoms with E-state index in [1.54, 1.807) is 0 Å². The van der Waals surface area contributed by atoms with Crippen LogP contribution in [0.5, 0.6) is 0 Å². The Labute approximate surface area is 139 Å². The minimum Gasteiger partial charge on any atom is -0.465 e. The maximum absolute atomic E-state index is 12.3. The molecule has 1 atom stereocenters. The van der Waals surface area contributed by atoms with Crippen molar-refractivity contribution in [2.75, 3.05) is 13.1 Å². The molecule has 24 heavy (non-hydrogen) atoms. The molecular weight excluding hydrogens is 308 g/mol. The SMILES string of the molecule is O=C(O)N1CCC(C2Cc3[nH]c(=O)c4ccccc4c3CO2)CC1. The van der Waals surface area contributed by atoms with Crippen molar-refractivity contribution in [3.8, 4) is 0 Å². The number of rotatable bonds is 1. The number of nitrogens with zero attached hydrogens (tertiary/aromatic N) is 1. The van der Waals surface area contributed by atoms with E-state index in [0.29, 0.717) is 37.4 Å². The van der Waals surface area contributed by atoms with Crippen LogP contribution in [0.4, 0.5) is 4.79 Å². The summed E-state index contributed by atoms with van der Waals surface area (Å²) < 4.78 is 6.10. The van der Waals surface area contributed by atoms with Crippen LogP contribution in [0.15, 0.2) is 29.1 Å². The summed E-state index contributed by atoms with van der Waals surface area (Å²) in [5, 5.41) is 10.7. The third kappa shape index (κ3) is 2.57. The topological polar surface area (TPSA) is 82.6 Å². The van der Waals surface area contributed by atoms with Crippen LogP contribution >= 0.6 is 0 Å². The van der Waals surface area contributed by atoms with Crippen molar-refractivity contribution in [1.82, 2.24) is 9.88 Å². The van der Waals surface area contributed by atoms with Gasteiger partial charge in [0.2, 0.25) is 0 Å². The van der Waals surface area contributed by atoms with Gasteiger partial charge >= 0.3 is 6.09 Å². The Morgan fingerprint density at radius 2 is 1.92 bits per heavy atom. The number of carbonyl (C=O) groups is 1. The number of likely N-dealkylation sites (tertiary alicyclic amines) is 1. The molecule has 2 N–H and O–H groups in total. The third-order valence-electron chi connectivity index (χ3n) is 5.31. The highest BCUT2D eigenvalue weighted by atomic mass is 16.5.